The standard InChI is InChI=1S/C8H13F2NO2/c9-8(10)2-1-5(4-8)3-6(11)7(12)13/h5-6H,1-4,11H2,(H,12,13)/t5?,6-/m1/s1. The van der Waals surface area contributed by atoms with Crippen LogP contribution in [0.2, 0.25) is 0 Å². The normalized spacial score (nSPS) is 28.7. The van der Waals surface area contributed by atoms with Gasteiger partial charge in [0.1, 0.15) is 6.04 Å². The highest BCUT2D eigenvalue weighted by Crippen LogP contribution is 2.40. The van der Waals surface area contributed by atoms with E-state index in [-0.39, 0.29) is 25.2 Å². The van der Waals surface area contributed by atoms with Gasteiger partial charge in [0, 0.05) is 12.8 Å². The monoisotopic (exact) mass is 193 g/mol. The predicted octanol–water partition coefficient (Wildman–Crippen LogP) is 1.22. The van der Waals surface area contributed by atoms with Crippen molar-refractivity contribution in [3.8, 4) is 0 Å². The van der Waals surface area contributed by atoms with Crippen LogP contribution in [0.15, 0.2) is 0 Å². The van der Waals surface area contributed by atoms with Gasteiger partial charge in [0.2, 0.25) is 5.92 Å². The van der Waals surface area contributed by atoms with Crippen LogP contribution in [-0.4, -0.2) is 23.0 Å². The lowest BCUT2D eigenvalue weighted by Gasteiger charge is -2.12. The molecule has 3 N–H and O–H groups in total. The third-order valence-corrected chi connectivity index (χ3v) is 2.41. The molecule has 13 heavy (non-hydrogen) atoms. The number of hydrogen-bond acceptors (Lipinski definition) is 2. The first kappa shape index (κ1) is 10.4. The van der Waals surface area contributed by atoms with Gasteiger partial charge in [-0.3, -0.25) is 4.79 Å². The van der Waals surface area contributed by atoms with Crippen LogP contribution in [0.1, 0.15) is 25.7 Å². The second-order valence-corrected chi connectivity index (χ2v) is 3.65. The molecule has 2 atom stereocenters. The first-order valence-corrected chi connectivity index (χ1v) is 4.27. The van der Waals surface area contributed by atoms with Crippen LogP contribution in [-0.2, 0) is 4.79 Å². The van der Waals surface area contributed by atoms with E-state index in [1.165, 1.54) is 0 Å². The summed E-state index contributed by atoms with van der Waals surface area (Å²) in [6.45, 7) is 0. The molecule has 1 unspecified atom stereocenters. The van der Waals surface area contributed by atoms with Crippen LogP contribution in [0.5, 0.6) is 0 Å². The van der Waals surface area contributed by atoms with E-state index in [1.54, 1.807) is 0 Å². The molecule has 76 valence electrons. The van der Waals surface area contributed by atoms with Crippen molar-refractivity contribution in [3.63, 3.8) is 0 Å². The second kappa shape index (κ2) is 3.57. The molecule has 0 aromatic heterocycles. The first-order chi connectivity index (χ1) is 5.91. The molecular weight excluding hydrogens is 180 g/mol. The smallest absolute Gasteiger partial charge is 0.320 e. The van der Waals surface area contributed by atoms with Gasteiger partial charge in [0.25, 0.3) is 0 Å². The van der Waals surface area contributed by atoms with Crippen LogP contribution in [0, 0.1) is 5.92 Å². The van der Waals surface area contributed by atoms with Crippen LogP contribution in [0.3, 0.4) is 0 Å². The fourth-order valence-electron chi connectivity index (χ4n) is 1.70. The number of carboxylic acid groups (broad SMARTS) is 1. The molecule has 5 heteroatoms. The summed E-state index contributed by atoms with van der Waals surface area (Å²) in [6, 6.07) is -1.00. The number of nitrogens with two attached hydrogens (primary N) is 1. The fraction of sp³-hybridized carbons (Fsp3) is 0.875. The van der Waals surface area contributed by atoms with Gasteiger partial charge in [-0.25, -0.2) is 8.78 Å². The fourth-order valence-corrected chi connectivity index (χ4v) is 1.70. The van der Waals surface area contributed by atoms with Crippen molar-refractivity contribution >= 4 is 5.97 Å². The molecule has 0 spiro atoms. The van der Waals surface area contributed by atoms with E-state index in [0.29, 0.717) is 6.42 Å². The van der Waals surface area contributed by atoms with E-state index < -0.39 is 17.9 Å². The van der Waals surface area contributed by atoms with E-state index in [9.17, 15) is 13.6 Å². The Morgan fingerprint density at radius 2 is 2.31 bits per heavy atom. The number of halogens is 2. The third-order valence-electron chi connectivity index (χ3n) is 2.41. The molecule has 3 nitrogen and oxygen atoms in total. The maximum absolute atomic E-state index is 12.7. The largest absolute Gasteiger partial charge is 0.480 e. The molecule has 0 radical (unpaired) electrons. The minimum absolute atomic E-state index is 0.135. The Hall–Kier alpha value is -0.710. The zero-order valence-electron chi connectivity index (χ0n) is 7.17. The highest BCUT2D eigenvalue weighted by molar-refractivity contribution is 5.73. The average Bonchev–Trinajstić information content (AvgIpc) is 2.30. The van der Waals surface area contributed by atoms with Crippen molar-refractivity contribution in [2.75, 3.05) is 0 Å². The molecule has 0 saturated heterocycles. The Morgan fingerprint density at radius 1 is 1.69 bits per heavy atom. The molecular formula is C8H13F2NO2. The number of rotatable bonds is 3. The maximum Gasteiger partial charge on any atom is 0.320 e. The molecule has 1 saturated carbocycles. The summed E-state index contributed by atoms with van der Waals surface area (Å²) in [5.41, 5.74) is 5.24. The number of alkyl halides is 2. The zero-order chi connectivity index (χ0) is 10.1. The molecule has 1 aliphatic rings. The van der Waals surface area contributed by atoms with Gasteiger partial charge in [-0.1, -0.05) is 0 Å². The van der Waals surface area contributed by atoms with Gasteiger partial charge in [-0.2, -0.15) is 0 Å². The van der Waals surface area contributed by atoms with Gasteiger partial charge >= 0.3 is 5.97 Å². The lowest BCUT2D eigenvalue weighted by molar-refractivity contribution is -0.139. The predicted molar refractivity (Wildman–Crippen MR) is 42.5 cm³/mol. The number of carboxylic acids is 1. The lowest BCUT2D eigenvalue weighted by Crippen LogP contribution is -2.32. The Morgan fingerprint density at radius 3 is 2.69 bits per heavy atom. The molecule has 0 bridgehead atoms. The van der Waals surface area contributed by atoms with Crippen molar-refractivity contribution in [1.82, 2.24) is 0 Å². The van der Waals surface area contributed by atoms with Crippen molar-refractivity contribution in [1.29, 1.82) is 0 Å². The summed E-state index contributed by atoms with van der Waals surface area (Å²) < 4.78 is 25.3. The van der Waals surface area contributed by atoms with Crippen molar-refractivity contribution in [3.05, 3.63) is 0 Å². The molecule has 0 heterocycles. The third kappa shape index (κ3) is 2.91. The van der Waals surface area contributed by atoms with E-state index in [4.69, 9.17) is 10.8 Å². The van der Waals surface area contributed by atoms with Crippen LogP contribution >= 0.6 is 0 Å². The number of hydrogen-bond donors (Lipinski definition) is 2. The summed E-state index contributed by atoms with van der Waals surface area (Å²) in [7, 11) is 0. The minimum atomic E-state index is -2.61. The molecule has 0 amide bonds. The quantitative estimate of drug-likeness (QED) is 0.708. The van der Waals surface area contributed by atoms with E-state index >= 15 is 0 Å². The van der Waals surface area contributed by atoms with Gasteiger partial charge in [0.15, 0.2) is 0 Å². The number of aliphatic carboxylic acids is 1. The van der Waals surface area contributed by atoms with Crippen molar-refractivity contribution in [2.24, 2.45) is 11.7 Å². The van der Waals surface area contributed by atoms with Gasteiger partial charge in [0.05, 0.1) is 0 Å². The average molecular weight is 193 g/mol. The van der Waals surface area contributed by atoms with Gasteiger partial charge < -0.3 is 10.8 Å². The molecule has 1 rings (SSSR count). The second-order valence-electron chi connectivity index (χ2n) is 3.65. The Kier molecular flexibility index (Phi) is 2.85. The van der Waals surface area contributed by atoms with E-state index in [0.717, 1.165) is 0 Å². The molecule has 0 aromatic rings. The van der Waals surface area contributed by atoms with E-state index in [2.05, 4.69) is 0 Å². The Bertz CT molecular complexity index is 208. The lowest BCUT2D eigenvalue weighted by atomic mass is 9.99. The van der Waals surface area contributed by atoms with Crippen molar-refractivity contribution < 1.29 is 18.7 Å². The number of carbonyl (C=O) groups is 1. The minimum Gasteiger partial charge on any atom is -0.480 e. The van der Waals surface area contributed by atoms with Crippen LogP contribution in [0.25, 0.3) is 0 Å². The Labute approximate surface area is 74.9 Å². The SMILES string of the molecule is N[C@H](CC1CCC(F)(F)C1)C(=O)O. The van der Waals surface area contributed by atoms with Gasteiger partial charge in [-0.05, 0) is 18.8 Å². The summed E-state index contributed by atoms with van der Waals surface area (Å²) in [4.78, 5) is 10.3. The first-order valence-electron chi connectivity index (χ1n) is 4.27. The highest BCUT2D eigenvalue weighted by Gasteiger charge is 2.40. The summed E-state index contributed by atoms with van der Waals surface area (Å²) >= 11 is 0. The van der Waals surface area contributed by atoms with Crippen LogP contribution in [0.4, 0.5) is 8.78 Å². The molecule has 0 aliphatic heterocycles. The molecule has 1 aliphatic carbocycles. The summed E-state index contributed by atoms with van der Waals surface area (Å²) in [6.07, 6.45) is 0.191. The zero-order valence-corrected chi connectivity index (χ0v) is 7.17. The maximum atomic E-state index is 12.7. The summed E-state index contributed by atoms with van der Waals surface area (Å²) in [5, 5.41) is 8.46. The highest BCUT2D eigenvalue weighted by atomic mass is 19.3. The molecule has 0 aromatic carbocycles. The van der Waals surface area contributed by atoms with Crippen LogP contribution < -0.4 is 5.73 Å². The summed E-state index contributed by atoms with van der Waals surface area (Å²) in [5.74, 6) is -3.96. The van der Waals surface area contributed by atoms with Gasteiger partial charge in [-0.15, -0.1) is 0 Å². The Balaban J connectivity index is 2.36. The molecule has 1 fully saturated rings. The van der Waals surface area contributed by atoms with Crippen molar-refractivity contribution in [2.45, 2.75) is 37.6 Å². The topological polar surface area (TPSA) is 63.3 Å². The van der Waals surface area contributed by atoms with E-state index in [1.807, 2.05) is 0 Å².